The number of nitro groups is 1. The summed E-state index contributed by atoms with van der Waals surface area (Å²) in [5, 5.41) is 15.4. The van der Waals surface area contributed by atoms with Crippen LogP contribution in [0.15, 0.2) is 17.2 Å². The van der Waals surface area contributed by atoms with Crippen molar-refractivity contribution < 1.29 is 4.92 Å². The second-order valence-corrected chi connectivity index (χ2v) is 5.98. The van der Waals surface area contributed by atoms with Gasteiger partial charge in [-0.1, -0.05) is 55.6 Å². The Morgan fingerprint density at radius 3 is 2.32 bits per heavy atom. The molecule has 0 radical (unpaired) electrons. The smallest absolute Gasteiger partial charge is 0.271 e. The Kier molecular flexibility index (Phi) is 5.01. The molecule has 19 heavy (non-hydrogen) atoms. The molecule has 8 heteroatoms. The molecule has 0 aliphatic heterocycles. The first-order valence-electron chi connectivity index (χ1n) is 5.26. The van der Waals surface area contributed by atoms with Crippen molar-refractivity contribution in [3.8, 4) is 0 Å². The average Bonchev–Trinajstić information content (AvgIpc) is 2.28. The van der Waals surface area contributed by atoms with Crippen LogP contribution in [0.3, 0.4) is 0 Å². The van der Waals surface area contributed by atoms with Crippen molar-refractivity contribution in [2.45, 2.75) is 20.8 Å². The van der Waals surface area contributed by atoms with E-state index < -0.39 is 4.92 Å². The number of nitro benzene ring substituents is 1. The molecule has 0 fully saturated rings. The van der Waals surface area contributed by atoms with Crippen molar-refractivity contribution in [3.05, 3.63) is 32.3 Å². The third-order valence-electron chi connectivity index (χ3n) is 2.13. The normalized spacial score (nSPS) is 12.4. The Bertz CT molecular complexity index is 539. The molecule has 0 atom stereocenters. The maximum absolute atomic E-state index is 10.9. The summed E-state index contributed by atoms with van der Waals surface area (Å²) in [6.07, 6.45) is 0. The van der Waals surface area contributed by atoms with Crippen molar-refractivity contribution in [3.63, 3.8) is 0 Å². The number of nitrogens with one attached hydrogen (secondary N) is 1. The molecule has 1 N–H and O–H groups in total. The van der Waals surface area contributed by atoms with Crippen LogP contribution in [0, 0.1) is 15.5 Å². The monoisotopic (exact) mass is 323 g/mol. The van der Waals surface area contributed by atoms with Crippen LogP contribution in [0.4, 0.5) is 11.4 Å². The van der Waals surface area contributed by atoms with Gasteiger partial charge in [0.15, 0.2) is 0 Å². The van der Waals surface area contributed by atoms with Crippen LogP contribution in [-0.4, -0.2) is 10.1 Å². The van der Waals surface area contributed by atoms with E-state index in [0.29, 0.717) is 0 Å². The van der Waals surface area contributed by atoms with Gasteiger partial charge in [-0.3, -0.25) is 15.5 Å². The van der Waals surface area contributed by atoms with Gasteiger partial charge in [-0.2, -0.15) is 5.10 Å². The van der Waals surface area contributed by atoms with Gasteiger partial charge >= 0.3 is 0 Å². The number of nitrogens with zero attached hydrogens (tertiary/aromatic N) is 2. The second kappa shape index (κ2) is 5.94. The quantitative estimate of drug-likeness (QED) is 0.488. The predicted molar refractivity (Wildman–Crippen MR) is 79.5 cm³/mol. The third kappa shape index (κ3) is 4.23. The number of benzene rings is 1. The molecule has 0 aromatic heterocycles. The molecule has 0 heterocycles. The van der Waals surface area contributed by atoms with Crippen LogP contribution in [0.25, 0.3) is 0 Å². The molecule has 0 bridgehead atoms. The van der Waals surface area contributed by atoms with Gasteiger partial charge in [0, 0.05) is 11.5 Å². The van der Waals surface area contributed by atoms with E-state index >= 15 is 0 Å². The first kappa shape index (κ1) is 16.0. The first-order chi connectivity index (χ1) is 8.62. The van der Waals surface area contributed by atoms with E-state index in [9.17, 15) is 10.1 Å². The highest BCUT2D eigenvalue weighted by Crippen LogP contribution is 2.34. The Morgan fingerprint density at radius 2 is 1.84 bits per heavy atom. The maximum atomic E-state index is 10.9. The molecule has 1 aromatic rings. The van der Waals surface area contributed by atoms with Gasteiger partial charge in [-0.15, -0.1) is 0 Å². The fourth-order valence-electron chi connectivity index (χ4n) is 1.05. The molecule has 0 aliphatic rings. The Labute approximate surface area is 125 Å². The van der Waals surface area contributed by atoms with E-state index in [-0.39, 0.29) is 32.0 Å². The van der Waals surface area contributed by atoms with E-state index in [1.807, 2.05) is 20.8 Å². The zero-order chi connectivity index (χ0) is 14.8. The second-order valence-electron chi connectivity index (χ2n) is 4.80. The Balaban J connectivity index is 3.14. The third-order valence-corrected chi connectivity index (χ3v) is 3.50. The van der Waals surface area contributed by atoms with Crippen LogP contribution < -0.4 is 5.43 Å². The highest BCUT2D eigenvalue weighted by molar-refractivity contribution is 6.66. The van der Waals surface area contributed by atoms with E-state index in [0.717, 1.165) is 6.07 Å². The van der Waals surface area contributed by atoms with Crippen molar-refractivity contribution in [1.82, 2.24) is 0 Å². The Morgan fingerprint density at radius 1 is 1.32 bits per heavy atom. The van der Waals surface area contributed by atoms with Crippen LogP contribution in [0.2, 0.25) is 10.0 Å². The van der Waals surface area contributed by atoms with Gasteiger partial charge in [-0.05, 0) is 6.07 Å². The highest BCUT2D eigenvalue weighted by atomic mass is 35.5. The summed E-state index contributed by atoms with van der Waals surface area (Å²) in [6.45, 7) is 5.59. The minimum Gasteiger partial charge on any atom is -0.271 e. The molecule has 0 aliphatic carbocycles. The SMILES string of the molecule is CC(C)(C)/C(Cl)=N/Nc1cc(Cl)c(Cl)cc1[N+](=O)[O-]. The van der Waals surface area contributed by atoms with Gasteiger partial charge in [0.25, 0.3) is 5.69 Å². The minimum absolute atomic E-state index is 0.102. The number of hydrogen-bond donors (Lipinski definition) is 1. The number of anilines is 1. The molecule has 0 amide bonds. The molecule has 0 saturated heterocycles. The molecule has 0 saturated carbocycles. The van der Waals surface area contributed by atoms with Gasteiger partial charge in [0.05, 0.1) is 15.0 Å². The van der Waals surface area contributed by atoms with Crippen LogP contribution in [0.1, 0.15) is 20.8 Å². The number of halogens is 3. The van der Waals surface area contributed by atoms with E-state index in [1.54, 1.807) is 0 Å². The van der Waals surface area contributed by atoms with Crippen molar-refractivity contribution in [2.24, 2.45) is 10.5 Å². The number of hydrazone groups is 1. The van der Waals surface area contributed by atoms with Crippen LogP contribution in [0.5, 0.6) is 0 Å². The maximum Gasteiger partial charge on any atom is 0.295 e. The highest BCUT2D eigenvalue weighted by Gasteiger charge is 2.19. The largest absolute Gasteiger partial charge is 0.295 e. The van der Waals surface area contributed by atoms with Crippen molar-refractivity contribution in [1.29, 1.82) is 0 Å². The van der Waals surface area contributed by atoms with Crippen LogP contribution >= 0.6 is 34.8 Å². The van der Waals surface area contributed by atoms with E-state index in [4.69, 9.17) is 34.8 Å². The molecular weight excluding hydrogens is 312 g/mol. The summed E-state index contributed by atoms with van der Waals surface area (Å²) in [5.74, 6) is 0. The lowest BCUT2D eigenvalue weighted by molar-refractivity contribution is -0.383. The minimum atomic E-state index is -0.578. The lowest BCUT2D eigenvalue weighted by atomic mass is 9.99. The van der Waals surface area contributed by atoms with Gasteiger partial charge in [0.1, 0.15) is 10.9 Å². The van der Waals surface area contributed by atoms with Crippen molar-refractivity contribution in [2.75, 3.05) is 5.43 Å². The molecule has 1 aromatic carbocycles. The molecule has 104 valence electrons. The summed E-state index contributed by atoms with van der Waals surface area (Å²) in [4.78, 5) is 10.3. The average molecular weight is 325 g/mol. The molecular formula is C11H12Cl3N3O2. The zero-order valence-electron chi connectivity index (χ0n) is 10.5. The molecule has 1 rings (SSSR count). The number of rotatable bonds is 3. The van der Waals surface area contributed by atoms with Gasteiger partial charge in [-0.25, -0.2) is 0 Å². The summed E-state index contributed by atoms with van der Waals surface area (Å²) in [6, 6.07) is 2.49. The molecule has 0 unspecified atom stereocenters. The summed E-state index contributed by atoms with van der Waals surface area (Å²) in [7, 11) is 0. The lowest BCUT2D eigenvalue weighted by Gasteiger charge is -2.15. The Hall–Kier alpha value is -1.04. The lowest BCUT2D eigenvalue weighted by Crippen LogP contribution is -2.16. The first-order valence-corrected chi connectivity index (χ1v) is 6.39. The zero-order valence-corrected chi connectivity index (χ0v) is 12.8. The van der Waals surface area contributed by atoms with E-state index in [1.165, 1.54) is 6.07 Å². The standard InChI is InChI=1S/C11H12Cl3N3O2/c1-11(2,3)10(14)16-15-8-4-6(12)7(13)5-9(8)17(18)19/h4-5,15H,1-3H3/b16-10-. The van der Waals surface area contributed by atoms with Crippen molar-refractivity contribution >= 4 is 51.3 Å². The van der Waals surface area contributed by atoms with Gasteiger partial charge in [0.2, 0.25) is 0 Å². The van der Waals surface area contributed by atoms with Crippen LogP contribution in [-0.2, 0) is 0 Å². The molecule has 0 spiro atoms. The summed E-state index contributed by atoms with van der Waals surface area (Å²) in [5.41, 5.74) is 2.08. The summed E-state index contributed by atoms with van der Waals surface area (Å²) < 4.78 is 0. The topological polar surface area (TPSA) is 67.5 Å². The van der Waals surface area contributed by atoms with E-state index in [2.05, 4.69) is 10.5 Å². The fraction of sp³-hybridized carbons (Fsp3) is 0.364. The predicted octanol–water partition coefficient (Wildman–Crippen LogP) is 4.91. The van der Waals surface area contributed by atoms with Gasteiger partial charge < -0.3 is 0 Å². The summed E-state index contributed by atoms with van der Waals surface area (Å²) >= 11 is 17.5. The molecule has 5 nitrogen and oxygen atoms in total. The fourth-order valence-corrected chi connectivity index (χ4v) is 1.42. The number of hydrogen-bond acceptors (Lipinski definition) is 4.